The molecule has 0 radical (unpaired) electrons. The molecule has 1 nitrogen and oxygen atoms in total. The topological polar surface area (TPSA) is 17.1 Å². The maximum absolute atomic E-state index is 13.0. The normalized spacial score (nSPS) is 11.5. The van der Waals surface area contributed by atoms with Crippen molar-refractivity contribution < 1.29 is 26.7 Å². The maximum Gasteiger partial charge on any atom is 0.416 e. The summed E-state index contributed by atoms with van der Waals surface area (Å²) < 4.78 is 63.0. The Morgan fingerprint density at radius 1 is 0.909 bits per heavy atom. The minimum Gasteiger partial charge on any atom is -0.294 e. The fourth-order valence-corrected chi connectivity index (χ4v) is 1.93. The number of halogens is 5. The third kappa shape index (κ3) is 3.90. The minimum absolute atomic E-state index is 0.00353. The molecule has 0 heterocycles. The van der Waals surface area contributed by atoms with Crippen molar-refractivity contribution in [1.82, 2.24) is 0 Å². The van der Waals surface area contributed by atoms with Gasteiger partial charge in [-0.2, -0.15) is 13.2 Å². The van der Waals surface area contributed by atoms with Crippen LogP contribution in [0.25, 0.3) is 0 Å². The zero-order valence-electron chi connectivity index (χ0n) is 11.3. The Kier molecular flexibility index (Phi) is 4.59. The van der Waals surface area contributed by atoms with E-state index in [1.54, 1.807) is 0 Å². The lowest BCUT2D eigenvalue weighted by atomic mass is 10.0. The van der Waals surface area contributed by atoms with Gasteiger partial charge in [-0.05, 0) is 42.3 Å². The summed E-state index contributed by atoms with van der Waals surface area (Å²) in [4.78, 5) is 11.8. The van der Waals surface area contributed by atoms with E-state index >= 15 is 0 Å². The molecule has 0 atom stereocenters. The van der Waals surface area contributed by atoms with E-state index in [0.29, 0.717) is 5.56 Å². The first-order valence-electron chi connectivity index (χ1n) is 6.42. The molecule has 2 aromatic rings. The Bertz CT molecular complexity index is 674. The van der Waals surface area contributed by atoms with Crippen LogP contribution in [0.15, 0.2) is 42.5 Å². The Morgan fingerprint density at radius 3 is 2.09 bits per heavy atom. The van der Waals surface area contributed by atoms with E-state index in [2.05, 4.69) is 0 Å². The Hall–Kier alpha value is -2.24. The molecule has 6 heteroatoms. The van der Waals surface area contributed by atoms with Crippen LogP contribution in [0.2, 0.25) is 0 Å². The molecule has 0 aliphatic rings. The number of aryl methyl sites for hydroxylation is 1. The van der Waals surface area contributed by atoms with Crippen molar-refractivity contribution in [3.05, 3.63) is 70.8 Å². The molecule has 0 aliphatic carbocycles. The van der Waals surface area contributed by atoms with E-state index in [9.17, 15) is 26.7 Å². The quantitative estimate of drug-likeness (QED) is 0.585. The highest BCUT2D eigenvalue weighted by Crippen LogP contribution is 2.29. The second-order valence-electron chi connectivity index (χ2n) is 4.75. The van der Waals surface area contributed by atoms with Crippen LogP contribution < -0.4 is 0 Å². The SMILES string of the molecule is O=C(CCc1ccc(C(F)(F)F)cc1)c1ccc(F)c(F)c1. The summed E-state index contributed by atoms with van der Waals surface area (Å²) in [6.45, 7) is 0. The summed E-state index contributed by atoms with van der Waals surface area (Å²) in [6, 6.07) is 7.32. The Balaban J connectivity index is 2.00. The summed E-state index contributed by atoms with van der Waals surface area (Å²) >= 11 is 0. The molecular weight excluding hydrogens is 303 g/mol. The maximum atomic E-state index is 13.0. The summed E-state index contributed by atoms with van der Waals surface area (Å²) in [5.41, 5.74) is -0.169. The lowest BCUT2D eigenvalue weighted by Crippen LogP contribution is -2.05. The van der Waals surface area contributed by atoms with E-state index in [1.165, 1.54) is 18.2 Å². The van der Waals surface area contributed by atoms with Gasteiger partial charge in [0, 0.05) is 12.0 Å². The molecule has 2 aromatic carbocycles. The van der Waals surface area contributed by atoms with Gasteiger partial charge in [-0.25, -0.2) is 8.78 Å². The summed E-state index contributed by atoms with van der Waals surface area (Å²) in [7, 11) is 0. The molecule has 0 aromatic heterocycles. The van der Waals surface area contributed by atoms with Gasteiger partial charge in [-0.15, -0.1) is 0 Å². The van der Waals surface area contributed by atoms with Crippen LogP contribution in [0.5, 0.6) is 0 Å². The number of benzene rings is 2. The summed E-state index contributed by atoms with van der Waals surface area (Å²) in [5.74, 6) is -2.56. The van der Waals surface area contributed by atoms with Crippen LogP contribution in [-0.4, -0.2) is 5.78 Å². The summed E-state index contributed by atoms with van der Waals surface area (Å²) in [5, 5.41) is 0. The molecule has 22 heavy (non-hydrogen) atoms. The first-order chi connectivity index (χ1) is 10.3. The highest BCUT2D eigenvalue weighted by Gasteiger charge is 2.29. The number of carbonyl (C=O) groups excluding carboxylic acids is 1. The molecule has 0 bridgehead atoms. The van der Waals surface area contributed by atoms with E-state index in [-0.39, 0.29) is 18.4 Å². The second kappa shape index (κ2) is 6.25. The van der Waals surface area contributed by atoms with E-state index < -0.39 is 29.2 Å². The van der Waals surface area contributed by atoms with Crippen molar-refractivity contribution in [3.8, 4) is 0 Å². The number of ketones is 1. The average Bonchev–Trinajstić information content (AvgIpc) is 2.47. The number of rotatable bonds is 4. The van der Waals surface area contributed by atoms with Crippen LogP contribution in [0, 0.1) is 11.6 Å². The zero-order chi connectivity index (χ0) is 16.3. The van der Waals surface area contributed by atoms with Crippen molar-refractivity contribution in [2.45, 2.75) is 19.0 Å². The fourth-order valence-electron chi connectivity index (χ4n) is 1.93. The first-order valence-corrected chi connectivity index (χ1v) is 6.42. The van der Waals surface area contributed by atoms with Gasteiger partial charge in [0.15, 0.2) is 17.4 Å². The zero-order valence-corrected chi connectivity index (χ0v) is 11.3. The van der Waals surface area contributed by atoms with Gasteiger partial charge >= 0.3 is 6.18 Å². The molecule has 0 saturated heterocycles. The van der Waals surface area contributed by atoms with Gasteiger partial charge in [0.2, 0.25) is 0 Å². The third-order valence-corrected chi connectivity index (χ3v) is 3.16. The van der Waals surface area contributed by atoms with Crippen molar-refractivity contribution in [1.29, 1.82) is 0 Å². The smallest absolute Gasteiger partial charge is 0.294 e. The standard InChI is InChI=1S/C16H11F5O/c17-13-7-4-11(9-14(13)18)15(22)8-3-10-1-5-12(6-2-10)16(19,20)21/h1-2,4-7,9H,3,8H2. The number of hydrogen-bond donors (Lipinski definition) is 0. The monoisotopic (exact) mass is 314 g/mol. The molecule has 0 fully saturated rings. The predicted molar refractivity (Wildman–Crippen MR) is 70.5 cm³/mol. The molecule has 0 amide bonds. The van der Waals surface area contributed by atoms with Crippen LogP contribution in [-0.2, 0) is 12.6 Å². The number of carbonyl (C=O) groups is 1. The Labute approximate surface area is 123 Å². The van der Waals surface area contributed by atoms with Crippen LogP contribution in [0.4, 0.5) is 22.0 Å². The number of hydrogen-bond acceptors (Lipinski definition) is 1. The van der Waals surface area contributed by atoms with E-state index in [0.717, 1.165) is 24.3 Å². The predicted octanol–water partition coefficient (Wildman–Crippen LogP) is 4.80. The van der Waals surface area contributed by atoms with Gasteiger partial charge in [0.05, 0.1) is 5.56 Å². The van der Waals surface area contributed by atoms with Crippen LogP contribution >= 0.6 is 0 Å². The molecule has 116 valence electrons. The van der Waals surface area contributed by atoms with Gasteiger partial charge in [-0.1, -0.05) is 12.1 Å². The fraction of sp³-hybridized carbons (Fsp3) is 0.188. The van der Waals surface area contributed by atoms with Gasteiger partial charge in [0.25, 0.3) is 0 Å². The van der Waals surface area contributed by atoms with Crippen LogP contribution in [0.3, 0.4) is 0 Å². The Morgan fingerprint density at radius 2 is 1.55 bits per heavy atom. The average molecular weight is 314 g/mol. The van der Waals surface area contributed by atoms with E-state index in [4.69, 9.17) is 0 Å². The lowest BCUT2D eigenvalue weighted by molar-refractivity contribution is -0.137. The molecule has 0 spiro atoms. The highest BCUT2D eigenvalue weighted by molar-refractivity contribution is 5.96. The lowest BCUT2D eigenvalue weighted by Gasteiger charge is -2.07. The third-order valence-electron chi connectivity index (χ3n) is 3.16. The highest BCUT2D eigenvalue weighted by atomic mass is 19.4. The van der Waals surface area contributed by atoms with Crippen molar-refractivity contribution in [2.75, 3.05) is 0 Å². The molecule has 2 rings (SSSR count). The summed E-state index contributed by atoms with van der Waals surface area (Å²) in [6.07, 6.45) is -4.19. The molecule has 0 unspecified atom stereocenters. The van der Waals surface area contributed by atoms with Gasteiger partial charge < -0.3 is 0 Å². The number of Topliss-reactive ketones (excluding diaryl/α,β-unsaturated/α-hetero) is 1. The van der Waals surface area contributed by atoms with Crippen molar-refractivity contribution >= 4 is 5.78 Å². The molecule has 0 N–H and O–H groups in total. The van der Waals surface area contributed by atoms with Gasteiger partial charge in [-0.3, -0.25) is 4.79 Å². The molecule has 0 saturated carbocycles. The molecule has 0 aliphatic heterocycles. The van der Waals surface area contributed by atoms with E-state index in [1.807, 2.05) is 0 Å². The molecular formula is C16H11F5O. The van der Waals surface area contributed by atoms with Gasteiger partial charge in [0.1, 0.15) is 0 Å². The minimum atomic E-state index is -4.40. The largest absolute Gasteiger partial charge is 0.416 e. The van der Waals surface area contributed by atoms with Crippen molar-refractivity contribution in [2.24, 2.45) is 0 Å². The second-order valence-corrected chi connectivity index (χ2v) is 4.75. The first kappa shape index (κ1) is 16.1. The van der Waals surface area contributed by atoms with Crippen molar-refractivity contribution in [3.63, 3.8) is 0 Å². The number of alkyl halides is 3. The van der Waals surface area contributed by atoms with Crippen LogP contribution in [0.1, 0.15) is 27.9 Å².